The molecule has 1 amide bonds. The van der Waals surface area contributed by atoms with Gasteiger partial charge in [-0.2, -0.15) is 13.2 Å². The molecule has 1 saturated carbocycles. The zero-order chi connectivity index (χ0) is 20.9. The van der Waals surface area contributed by atoms with E-state index in [1.165, 1.54) is 12.1 Å². The lowest BCUT2D eigenvalue weighted by molar-refractivity contribution is -0.137. The lowest BCUT2D eigenvalue weighted by Gasteiger charge is -2.43. The number of nitrogens with zero attached hydrogens (tertiary/aromatic N) is 2. The number of aliphatic imine (C=N–C) groups is 1. The molecular formula is C21H30F3IN4O. The van der Waals surface area contributed by atoms with Gasteiger partial charge < -0.3 is 15.5 Å². The van der Waals surface area contributed by atoms with Gasteiger partial charge in [-0.1, -0.05) is 24.6 Å². The van der Waals surface area contributed by atoms with Crippen LogP contribution in [0.25, 0.3) is 0 Å². The Balaban J connectivity index is 0.00000320. The molecule has 0 radical (unpaired) electrons. The Morgan fingerprint density at radius 3 is 2.40 bits per heavy atom. The number of guanidine groups is 1. The molecule has 2 N–H and O–H groups in total. The van der Waals surface area contributed by atoms with Crippen LogP contribution in [0.2, 0.25) is 0 Å². The maximum atomic E-state index is 13.1. The van der Waals surface area contributed by atoms with E-state index in [1.54, 1.807) is 13.1 Å². The summed E-state index contributed by atoms with van der Waals surface area (Å²) in [4.78, 5) is 18.3. The molecule has 30 heavy (non-hydrogen) atoms. The highest BCUT2D eigenvalue weighted by Crippen LogP contribution is 2.44. The molecule has 1 aliphatic heterocycles. The Morgan fingerprint density at radius 1 is 1.13 bits per heavy atom. The number of hydrogen-bond acceptors (Lipinski definition) is 2. The largest absolute Gasteiger partial charge is 0.416 e. The van der Waals surface area contributed by atoms with Crippen molar-refractivity contribution in [3.05, 3.63) is 35.4 Å². The molecule has 0 aromatic heterocycles. The van der Waals surface area contributed by atoms with Gasteiger partial charge in [0.05, 0.1) is 12.1 Å². The highest BCUT2D eigenvalue weighted by Gasteiger charge is 2.40. The third-order valence-electron chi connectivity index (χ3n) is 6.05. The van der Waals surface area contributed by atoms with E-state index < -0.39 is 11.7 Å². The molecule has 5 nitrogen and oxygen atoms in total. The SMILES string of the molecule is CN=C(NCC(=O)N1CCCCC1)NCC1(c2cccc(C(F)(F)F)c2)CCC1.I. The van der Waals surface area contributed by atoms with E-state index in [2.05, 4.69) is 15.6 Å². The number of carbonyl (C=O) groups is 1. The quantitative estimate of drug-likeness (QED) is 0.340. The van der Waals surface area contributed by atoms with Gasteiger partial charge in [0.15, 0.2) is 5.96 Å². The van der Waals surface area contributed by atoms with Crippen molar-refractivity contribution in [1.29, 1.82) is 0 Å². The maximum absolute atomic E-state index is 13.1. The maximum Gasteiger partial charge on any atom is 0.416 e. The van der Waals surface area contributed by atoms with Gasteiger partial charge in [-0.3, -0.25) is 9.79 Å². The Bertz CT molecular complexity index is 744. The summed E-state index contributed by atoms with van der Waals surface area (Å²) < 4.78 is 39.3. The number of piperidine rings is 1. The predicted molar refractivity (Wildman–Crippen MR) is 122 cm³/mol. The number of rotatable bonds is 5. The summed E-state index contributed by atoms with van der Waals surface area (Å²) in [5.41, 5.74) is -0.253. The highest BCUT2D eigenvalue weighted by atomic mass is 127. The number of likely N-dealkylation sites (tertiary alicyclic amines) is 1. The number of alkyl halides is 3. The van der Waals surface area contributed by atoms with E-state index in [1.807, 2.05) is 4.90 Å². The summed E-state index contributed by atoms with van der Waals surface area (Å²) in [6.07, 6.45) is 1.53. The van der Waals surface area contributed by atoms with Crippen molar-refractivity contribution in [1.82, 2.24) is 15.5 Å². The minimum Gasteiger partial charge on any atom is -0.356 e. The van der Waals surface area contributed by atoms with Crippen LogP contribution in [0.4, 0.5) is 13.2 Å². The van der Waals surface area contributed by atoms with E-state index in [9.17, 15) is 18.0 Å². The molecule has 1 heterocycles. The molecule has 0 spiro atoms. The van der Waals surface area contributed by atoms with E-state index in [4.69, 9.17) is 0 Å². The average molecular weight is 538 g/mol. The van der Waals surface area contributed by atoms with E-state index in [-0.39, 0.29) is 41.8 Å². The first-order valence-electron chi connectivity index (χ1n) is 10.2. The fourth-order valence-corrected chi connectivity index (χ4v) is 4.08. The summed E-state index contributed by atoms with van der Waals surface area (Å²) in [5.74, 6) is 0.539. The highest BCUT2D eigenvalue weighted by molar-refractivity contribution is 14.0. The normalized spacial score (nSPS) is 18.8. The molecule has 0 atom stereocenters. The molecule has 2 fully saturated rings. The molecule has 9 heteroatoms. The number of halogens is 4. The molecule has 1 aliphatic carbocycles. The third kappa shape index (κ3) is 6.01. The van der Waals surface area contributed by atoms with Crippen LogP contribution in [0.15, 0.2) is 29.3 Å². The van der Waals surface area contributed by atoms with Crippen molar-refractivity contribution in [3.63, 3.8) is 0 Å². The second-order valence-electron chi connectivity index (χ2n) is 7.93. The molecule has 168 valence electrons. The number of nitrogens with one attached hydrogen (secondary N) is 2. The van der Waals surface area contributed by atoms with Gasteiger partial charge in [-0.15, -0.1) is 24.0 Å². The number of amides is 1. The fraction of sp³-hybridized carbons (Fsp3) is 0.619. The van der Waals surface area contributed by atoms with Gasteiger partial charge in [0.1, 0.15) is 0 Å². The monoisotopic (exact) mass is 538 g/mol. The number of benzene rings is 1. The van der Waals surface area contributed by atoms with E-state index in [0.717, 1.165) is 57.7 Å². The lowest BCUT2D eigenvalue weighted by Crippen LogP contribution is -2.51. The first-order chi connectivity index (χ1) is 13.8. The molecule has 1 aromatic carbocycles. The number of carbonyl (C=O) groups excluding carboxylic acids is 1. The second kappa shape index (κ2) is 10.7. The van der Waals surface area contributed by atoms with Crippen molar-refractivity contribution in [3.8, 4) is 0 Å². The topological polar surface area (TPSA) is 56.7 Å². The summed E-state index contributed by atoms with van der Waals surface area (Å²) in [6, 6.07) is 5.61. The Labute approximate surface area is 192 Å². The molecule has 1 aromatic rings. The second-order valence-corrected chi connectivity index (χ2v) is 7.93. The van der Waals surface area contributed by atoms with Gasteiger partial charge in [0, 0.05) is 32.1 Å². The fourth-order valence-electron chi connectivity index (χ4n) is 4.08. The zero-order valence-corrected chi connectivity index (χ0v) is 19.6. The van der Waals surface area contributed by atoms with Crippen LogP contribution in [0.1, 0.15) is 49.7 Å². The molecule has 0 bridgehead atoms. The predicted octanol–water partition coefficient (Wildman–Crippen LogP) is 3.92. The lowest BCUT2D eigenvalue weighted by atomic mass is 9.64. The van der Waals surface area contributed by atoms with Crippen molar-refractivity contribution < 1.29 is 18.0 Å². The van der Waals surface area contributed by atoms with Gasteiger partial charge in [-0.05, 0) is 43.7 Å². The Hall–Kier alpha value is -1.52. The molecule has 2 aliphatic rings. The van der Waals surface area contributed by atoms with Crippen LogP contribution in [0.3, 0.4) is 0 Å². The van der Waals surface area contributed by atoms with Crippen molar-refractivity contribution in [2.75, 3.05) is 33.2 Å². The van der Waals surface area contributed by atoms with Gasteiger partial charge in [-0.25, -0.2) is 0 Å². The van der Waals surface area contributed by atoms with Crippen LogP contribution in [0, 0.1) is 0 Å². The first-order valence-corrected chi connectivity index (χ1v) is 10.2. The van der Waals surface area contributed by atoms with Crippen LogP contribution in [-0.4, -0.2) is 50.0 Å². The minimum atomic E-state index is -4.35. The molecular weight excluding hydrogens is 508 g/mol. The van der Waals surface area contributed by atoms with Crippen LogP contribution >= 0.6 is 24.0 Å². The zero-order valence-electron chi connectivity index (χ0n) is 17.2. The van der Waals surface area contributed by atoms with Crippen LogP contribution in [-0.2, 0) is 16.4 Å². The third-order valence-corrected chi connectivity index (χ3v) is 6.05. The van der Waals surface area contributed by atoms with E-state index >= 15 is 0 Å². The molecule has 1 saturated heterocycles. The Morgan fingerprint density at radius 2 is 1.83 bits per heavy atom. The van der Waals surface area contributed by atoms with Crippen LogP contribution < -0.4 is 10.6 Å². The average Bonchev–Trinajstić information content (AvgIpc) is 2.69. The van der Waals surface area contributed by atoms with Crippen molar-refractivity contribution >= 4 is 35.8 Å². The smallest absolute Gasteiger partial charge is 0.356 e. The summed E-state index contributed by atoms with van der Waals surface area (Å²) >= 11 is 0. The van der Waals surface area contributed by atoms with Gasteiger partial charge >= 0.3 is 6.18 Å². The molecule has 3 rings (SSSR count). The van der Waals surface area contributed by atoms with Crippen molar-refractivity contribution in [2.45, 2.75) is 50.1 Å². The molecule has 0 unspecified atom stereocenters. The van der Waals surface area contributed by atoms with Gasteiger partial charge in [0.25, 0.3) is 0 Å². The standard InChI is InChI=1S/C21H29F3N4O.HI/c1-25-19(26-14-18(29)28-11-3-2-4-12-28)27-15-20(9-6-10-20)16-7-5-8-17(13-16)21(22,23)24;/h5,7-8,13H,2-4,6,9-12,14-15H2,1H3,(H2,25,26,27);1H. The Kier molecular flexibility index (Phi) is 8.81. The summed E-state index contributed by atoms with van der Waals surface area (Å²) in [7, 11) is 1.62. The van der Waals surface area contributed by atoms with Gasteiger partial charge in [0.2, 0.25) is 5.91 Å². The number of hydrogen-bond donors (Lipinski definition) is 2. The van der Waals surface area contributed by atoms with E-state index in [0.29, 0.717) is 18.1 Å². The minimum absolute atomic E-state index is 0. The summed E-state index contributed by atoms with van der Waals surface area (Å²) in [5, 5.41) is 6.26. The van der Waals surface area contributed by atoms with Crippen LogP contribution in [0.5, 0.6) is 0 Å². The van der Waals surface area contributed by atoms with Crippen molar-refractivity contribution in [2.24, 2.45) is 4.99 Å². The first kappa shape index (κ1) is 24.7. The summed E-state index contributed by atoms with van der Waals surface area (Å²) in [6.45, 7) is 2.23.